The first kappa shape index (κ1) is 10.2. The van der Waals surface area contributed by atoms with E-state index in [1.54, 1.807) is 0 Å². The predicted molar refractivity (Wildman–Crippen MR) is 63.2 cm³/mol. The SMILES string of the molecule is CC1(C)[C@@H](CN)[C@@H]1c1ccccc1Br. The second kappa shape index (κ2) is 3.35. The van der Waals surface area contributed by atoms with E-state index in [9.17, 15) is 0 Å². The smallest absolute Gasteiger partial charge is 0.0210 e. The Hall–Kier alpha value is -0.340. The van der Waals surface area contributed by atoms with E-state index in [-0.39, 0.29) is 0 Å². The van der Waals surface area contributed by atoms with Gasteiger partial charge in [-0.25, -0.2) is 0 Å². The third-order valence-corrected chi connectivity index (χ3v) is 4.27. The summed E-state index contributed by atoms with van der Waals surface area (Å²) in [5.74, 6) is 1.27. The summed E-state index contributed by atoms with van der Waals surface area (Å²) in [5.41, 5.74) is 7.56. The maximum Gasteiger partial charge on any atom is 0.0210 e. The first-order chi connectivity index (χ1) is 6.59. The van der Waals surface area contributed by atoms with Gasteiger partial charge in [0.2, 0.25) is 0 Å². The summed E-state index contributed by atoms with van der Waals surface area (Å²) in [4.78, 5) is 0. The Morgan fingerprint density at radius 1 is 1.36 bits per heavy atom. The average Bonchev–Trinajstić information content (AvgIpc) is 2.69. The highest BCUT2D eigenvalue weighted by molar-refractivity contribution is 9.10. The lowest BCUT2D eigenvalue weighted by molar-refractivity contribution is 0.558. The molecule has 1 saturated carbocycles. The van der Waals surface area contributed by atoms with E-state index in [1.165, 1.54) is 10.0 Å². The summed E-state index contributed by atoms with van der Waals surface area (Å²) in [6, 6.07) is 8.46. The van der Waals surface area contributed by atoms with Crippen molar-refractivity contribution in [3.05, 3.63) is 34.3 Å². The average molecular weight is 254 g/mol. The van der Waals surface area contributed by atoms with Crippen LogP contribution in [0.4, 0.5) is 0 Å². The van der Waals surface area contributed by atoms with Crippen molar-refractivity contribution in [3.63, 3.8) is 0 Å². The van der Waals surface area contributed by atoms with Gasteiger partial charge < -0.3 is 5.73 Å². The van der Waals surface area contributed by atoms with Gasteiger partial charge in [-0.2, -0.15) is 0 Å². The topological polar surface area (TPSA) is 26.0 Å². The van der Waals surface area contributed by atoms with Gasteiger partial charge in [-0.3, -0.25) is 0 Å². The standard InChI is InChI=1S/C12H16BrN/c1-12(2)9(7-14)11(12)8-5-3-4-6-10(8)13/h3-6,9,11H,7,14H2,1-2H3/t9-,11-/m0/s1. The highest BCUT2D eigenvalue weighted by atomic mass is 79.9. The Kier molecular flexibility index (Phi) is 2.44. The van der Waals surface area contributed by atoms with E-state index in [4.69, 9.17) is 5.73 Å². The van der Waals surface area contributed by atoms with Gasteiger partial charge in [-0.05, 0) is 35.4 Å². The highest BCUT2D eigenvalue weighted by Gasteiger charge is 2.57. The number of hydrogen-bond acceptors (Lipinski definition) is 1. The van der Waals surface area contributed by atoms with Gasteiger partial charge in [-0.15, -0.1) is 0 Å². The summed E-state index contributed by atoms with van der Waals surface area (Å²) in [6.07, 6.45) is 0. The van der Waals surface area contributed by atoms with Crippen LogP contribution in [0.5, 0.6) is 0 Å². The van der Waals surface area contributed by atoms with Crippen LogP contribution >= 0.6 is 15.9 Å². The molecule has 2 N–H and O–H groups in total. The molecular weight excluding hydrogens is 238 g/mol. The minimum absolute atomic E-state index is 0.374. The molecule has 76 valence electrons. The molecule has 0 aliphatic heterocycles. The number of benzene rings is 1. The van der Waals surface area contributed by atoms with Gasteiger partial charge in [0, 0.05) is 4.47 Å². The normalized spacial score (nSPS) is 28.9. The Labute approximate surface area is 93.8 Å². The summed E-state index contributed by atoms with van der Waals surface area (Å²) < 4.78 is 1.22. The van der Waals surface area contributed by atoms with Crippen LogP contribution in [0.1, 0.15) is 25.3 Å². The molecule has 1 aromatic carbocycles. The molecule has 14 heavy (non-hydrogen) atoms. The number of rotatable bonds is 2. The van der Waals surface area contributed by atoms with E-state index in [0.717, 1.165) is 6.54 Å². The molecule has 2 rings (SSSR count). The highest BCUT2D eigenvalue weighted by Crippen LogP contribution is 2.64. The van der Waals surface area contributed by atoms with Crippen LogP contribution in [-0.4, -0.2) is 6.54 Å². The van der Waals surface area contributed by atoms with Crippen molar-refractivity contribution >= 4 is 15.9 Å². The molecule has 0 heterocycles. The Morgan fingerprint density at radius 3 is 2.50 bits per heavy atom. The largest absolute Gasteiger partial charge is 0.330 e. The van der Waals surface area contributed by atoms with Crippen LogP contribution in [0, 0.1) is 11.3 Å². The number of hydrogen-bond donors (Lipinski definition) is 1. The molecule has 0 spiro atoms. The summed E-state index contributed by atoms with van der Waals surface area (Å²) in [6.45, 7) is 5.39. The first-order valence-electron chi connectivity index (χ1n) is 5.03. The van der Waals surface area contributed by atoms with Crippen LogP contribution in [-0.2, 0) is 0 Å². The van der Waals surface area contributed by atoms with E-state index in [0.29, 0.717) is 17.3 Å². The molecule has 2 heteroatoms. The fraction of sp³-hybridized carbons (Fsp3) is 0.500. The molecule has 0 aromatic heterocycles. The van der Waals surface area contributed by atoms with Crippen LogP contribution in [0.2, 0.25) is 0 Å². The van der Waals surface area contributed by atoms with Crippen LogP contribution < -0.4 is 5.73 Å². The van der Waals surface area contributed by atoms with E-state index >= 15 is 0 Å². The minimum atomic E-state index is 0.374. The zero-order chi connectivity index (χ0) is 10.3. The lowest BCUT2D eigenvalue weighted by atomic mass is 10.0. The molecule has 1 nitrogen and oxygen atoms in total. The molecule has 1 fully saturated rings. The Bertz CT molecular complexity index is 346. The van der Waals surface area contributed by atoms with Crippen molar-refractivity contribution in [1.29, 1.82) is 0 Å². The molecule has 0 radical (unpaired) electrons. The maximum absolute atomic E-state index is 5.77. The molecule has 1 aromatic rings. The monoisotopic (exact) mass is 253 g/mol. The molecule has 0 unspecified atom stereocenters. The summed E-state index contributed by atoms with van der Waals surface area (Å²) in [5, 5.41) is 0. The zero-order valence-corrected chi connectivity index (χ0v) is 10.2. The summed E-state index contributed by atoms with van der Waals surface area (Å²) in [7, 11) is 0. The van der Waals surface area contributed by atoms with Crippen molar-refractivity contribution in [2.45, 2.75) is 19.8 Å². The van der Waals surface area contributed by atoms with E-state index < -0.39 is 0 Å². The number of halogens is 1. The minimum Gasteiger partial charge on any atom is -0.330 e. The first-order valence-corrected chi connectivity index (χ1v) is 5.83. The third kappa shape index (κ3) is 1.41. The van der Waals surface area contributed by atoms with Gasteiger partial charge in [-0.1, -0.05) is 48.0 Å². The van der Waals surface area contributed by atoms with Crippen molar-refractivity contribution in [3.8, 4) is 0 Å². The second-order valence-electron chi connectivity index (χ2n) is 4.66. The number of nitrogens with two attached hydrogens (primary N) is 1. The molecule has 0 saturated heterocycles. The fourth-order valence-corrected chi connectivity index (χ4v) is 3.06. The van der Waals surface area contributed by atoms with Gasteiger partial charge >= 0.3 is 0 Å². The molecule has 0 bridgehead atoms. The van der Waals surface area contributed by atoms with Crippen molar-refractivity contribution < 1.29 is 0 Å². The quantitative estimate of drug-likeness (QED) is 0.862. The third-order valence-electron chi connectivity index (χ3n) is 3.54. The zero-order valence-electron chi connectivity index (χ0n) is 8.63. The lowest BCUT2D eigenvalue weighted by Gasteiger charge is -2.05. The van der Waals surface area contributed by atoms with Crippen molar-refractivity contribution in [1.82, 2.24) is 0 Å². The Morgan fingerprint density at radius 2 is 2.00 bits per heavy atom. The van der Waals surface area contributed by atoms with E-state index in [1.807, 2.05) is 0 Å². The maximum atomic E-state index is 5.77. The molecule has 1 aliphatic carbocycles. The van der Waals surface area contributed by atoms with E-state index in [2.05, 4.69) is 54.0 Å². The van der Waals surface area contributed by atoms with Gasteiger partial charge in [0.25, 0.3) is 0 Å². The van der Waals surface area contributed by atoms with Gasteiger partial charge in [0.15, 0.2) is 0 Å². The second-order valence-corrected chi connectivity index (χ2v) is 5.52. The van der Waals surface area contributed by atoms with Crippen LogP contribution in [0.3, 0.4) is 0 Å². The van der Waals surface area contributed by atoms with Crippen LogP contribution in [0.15, 0.2) is 28.7 Å². The Balaban J connectivity index is 2.31. The lowest BCUT2D eigenvalue weighted by Crippen LogP contribution is -2.05. The molecule has 1 aliphatic rings. The van der Waals surface area contributed by atoms with Crippen LogP contribution in [0.25, 0.3) is 0 Å². The van der Waals surface area contributed by atoms with Gasteiger partial charge in [0.1, 0.15) is 0 Å². The van der Waals surface area contributed by atoms with Crippen molar-refractivity contribution in [2.24, 2.45) is 17.1 Å². The molecule has 2 atom stereocenters. The fourth-order valence-electron chi connectivity index (χ4n) is 2.53. The summed E-state index contributed by atoms with van der Waals surface area (Å²) >= 11 is 3.60. The van der Waals surface area contributed by atoms with Crippen molar-refractivity contribution in [2.75, 3.05) is 6.54 Å². The van der Waals surface area contributed by atoms with Gasteiger partial charge in [0.05, 0.1) is 0 Å². The molecular formula is C12H16BrN. The predicted octanol–water partition coefficient (Wildman–Crippen LogP) is 3.15. The molecule has 0 amide bonds.